The Labute approximate surface area is 123 Å². The van der Waals surface area contributed by atoms with E-state index in [0.717, 1.165) is 25.8 Å². The van der Waals surface area contributed by atoms with E-state index in [1.165, 1.54) is 0 Å². The van der Waals surface area contributed by atoms with Crippen LogP contribution in [-0.4, -0.2) is 12.2 Å². The molecule has 1 unspecified atom stereocenters. The number of methoxy groups -OCH3 is 1. The van der Waals surface area contributed by atoms with Crippen molar-refractivity contribution in [3.63, 3.8) is 0 Å². The molecule has 0 fully saturated rings. The van der Waals surface area contributed by atoms with Crippen LogP contribution in [0.4, 0.5) is 0 Å². The highest BCUT2D eigenvalue weighted by Gasteiger charge is 2.16. The molecule has 0 heterocycles. The smallest absolute Gasteiger partial charge is 0.120 e. The quantitative estimate of drug-likeness (QED) is 0.871. The zero-order valence-corrected chi connectivity index (χ0v) is 12.9. The van der Waals surface area contributed by atoms with E-state index >= 15 is 0 Å². The molecule has 1 N–H and O–H groups in total. The van der Waals surface area contributed by atoms with Gasteiger partial charge in [0.05, 0.1) is 7.11 Å². The maximum atomic E-state index is 10.4. The maximum absolute atomic E-state index is 10.4. The minimum Gasteiger partial charge on any atom is -0.497 e. The first-order valence-corrected chi connectivity index (χ1v) is 6.98. The number of halogens is 2. The van der Waals surface area contributed by atoms with Gasteiger partial charge in [0.15, 0.2) is 0 Å². The van der Waals surface area contributed by atoms with Crippen molar-refractivity contribution in [2.24, 2.45) is 0 Å². The monoisotopic (exact) mass is 370 g/mol. The normalized spacial score (nSPS) is 12.2. The van der Waals surface area contributed by atoms with Crippen molar-refractivity contribution in [2.45, 2.75) is 6.10 Å². The van der Waals surface area contributed by atoms with Gasteiger partial charge < -0.3 is 9.84 Å². The summed E-state index contributed by atoms with van der Waals surface area (Å²) in [5, 5.41) is 10.4. The molecule has 4 heteroatoms. The Kier molecular flexibility index (Phi) is 4.43. The Morgan fingerprint density at radius 2 is 1.67 bits per heavy atom. The van der Waals surface area contributed by atoms with E-state index in [4.69, 9.17) is 4.74 Å². The Bertz CT molecular complexity index is 555. The maximum Gasteiger partial charge on any atom is 0.120 e. The molecular formula is C14H12Br2O2. The number of benzene rings is 2. The van der Waals surface area contributed by atoms with Crippen LogP contribution in [0.2, 0.25) is 0 Å². The molecule has 0 spiro atoms. The lowest BCUT2D eigenvalue weighted by Gasteiger charge is -2.15. The number of aliphatic hydroxyl groups is 1. The Balaban J connectivity index is 2.40. The summed E-state index contributed by atoms with van der Waals surface area (Å²) in [6, 6.07) is 13.2. The van der Waals surface area contributed by atoms with Crippen molar-refractivity contribution < 1.29 is 9.84 Å². The molecule has 2 rings (SSSR count). The molecule has 0 aliphatic heterocycles. The van der Waals surface area contributed by atoms with Gasteiger partial charge in [-0.3, -0.25) is 0 Å². The van der Waals surface area contributed by atoms with Gasteiger partial charge in [-0.05, 0) is 29.3 Å². The van der Waals surface area contributed by atoms with Gasteiger partial charge in [0, 0.05) is 8.95 Å². The fourth-order valence-electron chi connectivity index (χ4n) is 1.72. The molecule has 94 valence electrons. The fraction of sp³-hybridized carbons (Fsp3) is 0.143. The average molecular weight is 372 g/mol. The third-order valence-corrected chi connectivity index (χ3v) is 4.11. The first-order chi connectivity index (χ1) is 8.63. The summed E-state index contributed by atoms with van der Waals surface area (Å²) in [7, 11) is 1.62. The van der Waals surface area contributed by atoms with Crippen LogP contribution < -0.4 is 4.74 Å². The molecule has 2 aromatic carbocycles. The van der Waals surface area contributed by atoms with E-state index in [0.29, 0.717) is 0 Å². The van der Waals surface area contributed by atoms with Crippen molar-refractivity contribution in [1.82, 2.24) is 0 Å². The number of aliphatic hydroxyl groups excluding tert-OH is 1. The molecule has 2 nitrogen and oxygen atoms in total. The lowest BCUT2D eigenvalue weighted by Crippen LogP contribution is -2.01. The summed E-state index contributed by atoms with van der Waals surface area (Å²) in [5.74, 6) is 0.755. The van der Waals surface area contributed by atoms with Crippen molar-refractivity contribution in [2.75, 3.05) is 7.11 Å². The van der Waals surface area contributed by atoms with Crippen LogP contribution in [0, 0.1) is 0 Å². The van der Waals surface area contributed by atoms with E-state index in [9.17, 15) is 5.11 Å². The van der Waals surface area contributed by atoms with Crippen molar-refractivity contribution in [3.05, 3.63) is 62.5 Å². The molecule has 0 saturated heterocycles. The highest BCUT2D eigenvalue weighted by Crippen LogP contribution is 2.34. The van der Waals surface area contributed by atoms with E-state index < -0.39 is 6.10 Å². The zero-order valence-electron chi connectivity index (χ0n) is 9.73. The first kappa shape index (κ1) is 13.6. The van der Waals surface area contributed by atoms with Crippen LogP contribution in [-0.2, 0) is 0 Å². The molecule has 0 radical (unpaired) electrons. The lowest BCUT2D eigenvalue weighted by molar-refractivity contribution is 0.218. The van der Waals surface area contributed by atoms with Gasteiger partial charge in [-0.2, -0.15) is 0 Å². The van der Waals surface area contributed by atoms with E-state index in [-0.39, 0.29) is 0 Å². The second-order valence-corrected chi connectivity index (χ2v) is 5.52. The minimum absolute atomic E-state index is 0.680. The Morgan fingerprint density at radius 3 is 2.28 bits per heavy atom. The molecule has 0 saturated carbocycles. The zero-order chi connectivity index (χ0) is 13.1. The Morgan fingerprint density at radius 1 is 1.00 bits per heavy atom. The second kappa shape index (κ2) is 5.87. The molecule has 0 aromatic heterocycles. The topological polar surface area (TPSA) is 29.5 Å². The van der Waals surface area contributed by atoms with E-state index in [1.54, 1.807) is 7.11 Å². The summed E-state index contributed by atoms with van der Waals surface area (Å²) < 4.78 is 6.85. The van der Waals surface area contributed by atoms with Crippen LogP contribution in [0.25, 0.3) is 0 Å². The molecule has 0 aliphatic carbocycles. The summed E-state index contributed by atoms with van der Waals surface area (Å²) in [6.07, 6.45) is -0.680. The molecule has 2 aromatic rings. The molecule has 0 amide bonds. The number of hydrogen-bond acceptors (Lipinski definition) is 2. The third-order valence-electron chi connectivity index (χ3n) is 2.70. The average Bonchev–Trinajstić information content (AvgIpc) is 2.38. The van der Waals surface area contributed by atoms with Crippen LogP contribution in [0.15, 0.2) is 51.4 Å². The highest BCUT2D eigenvalue weighted by atomic mass is 79.9. The van der Waals surface area contributed by atoms with Gasteiger partial charge in [0.25, 0.3) is 0 Å². The summed E-state index contributed by atoms with van der Waals surface area (Å²) in [4.78, 5) is 0. The summed E-state index contributed by atoms with van der Waals surface area (Å²) in [6.45, 7) is 0. The minimum atomic E-state index is -0.680. The molecule has 0 aliphatic rings. The number of rotatable bonds is 3. The third kappa shape index (κ3) is 2.76. The van der Waals surface area contributed by atoms with Gasteiger partial charge in [0.2, 0.25) is 0 Å². The van der Waals surface area contributed by atoms with Gasteiger partial charge in [0.1, 0.15) is 11.9 Å². The molecule has 18 heavy (non-hydrogen) atoms. The van der Waals surface area contributed by atoms with Crippen molar-refractivity contribution in [3.8, 4) is 5.75 Å². The Hall–Kier alpha value is -0.840. The van der Waals surface area contributed by atoms with Gasteiger partial charge >= 0.3 is 0 Å². The number of ether oxygens (including phenoxy) is 1. The largest absolute Gasteiger partial charge is 0.497 e. The van der Waals surface area contributed by atoms with Gasteiger partial charge in [-0.1, -0.05) is 56.1 Å². The summed E-state index contributed by atoms with van der Waals surface area (Å²) in [5.41, 5.74) is 1.64. The van der Waals surface area contributed by atoms with E-state index in [2.05, 4.69) is 31.9 Å². The predicted octanol–water partition coefficient (Wildman–Crippen LogP) is 4.30. The van der Waals surface area contributed by atoms with Crippen LogP contribution in [0.3, 0.4) is 0 Å². The van der Waals surface area contributed by atoms with Crippen LogP contribution >= 0.6 is 31.9 Å². The predicted molar refractivity (Wildman–Crippen MR) is 78.9 cm³/mol. The highest BCUT2D eigenvalue weighted by molar-refractivity contribution is 9.10. The van der Waals surface area contributed by atoms with Crippen LogP contribution in [0.5, 0.6) is 5.75 Å². The second-order valence-electron chi connectivity index (χ2n) is 3.81. The standard InChI is InChI=1S/C14H12Br2O2/c1-18-9-6-7-11(13(16)8-9)14(17)10-4-2-3-5-12(10)15/h2-8,14,17H,1H3. The first-order valence-electron chi connectivity index (χ1n) is 5.39. The molecular weight excluding hydrogens is 360 g/mol. The van der Waals surface area contributed by atoms with Crippen LogP contribution in [0.1, 0.15) is 17.2 Å². The van der Waals surface area contributed by atoms with Crippen molar-refractivity contribution >= 4 is 31.9 Å². The van der Waals surface area contributed by atoms with Crippen molar-refractivity contribution in [1.29, 1.82) is 0 Å². The van der Waals surface area contributed by atoms with Gasteiger partial charge in [-0.15, -0.1) is 0 Å². The van der Waals surface area contributed by atoms with E-state index in [1.807, 2.05) is 42.5 Å². The SMILES string of the molecule is COc1ccc(C(O)c2ccccc2Br)c(Br)c1. The summed E-state index contributed by atoms with van der Waals surface area (Å²) >= 11 is 6.90. The molecule has 1 atom stereocenters. The lowest BCUT2D eigenvalue weighted by atomic mass is 10.0. The molecule has 0 bridgehead atoms. The number of hydrogen-bond donors (Lipinski definition) is 1. The fourth-order valence-corrected chi connectivity index (χ4v) is 2.80. The van der Waals surface area contributed by atoms with Gasteiger partial charge in [-0.25, -0.2) is 0 Å².